The molecule has 9 heteroatoms. The second kappa shape index (κ2) is 8.01. The van der Waals surface area contributed by atoms with Crippen molar-refractivity contribution in [2.45, 2.75) is 13.8 Å². The Morgan fingerprint density at radius 1 is 1.00 bits per heavy atom. The van der Waals surface area contributed by atoms with Crippen LogP contribution in [0.5, 0.6) is 5.75 Å². The van der Waals surface area contributed by atoms with Crippen LogP contribution in [-0.4, -0.2) is 36.4 Å². The molecule has 0 fully saturated rings. The number of rotatable bonds is 5. The number of aromatic nitrogens is 6. The Morgan fingerprint density at radius 2 is 1.79 bits per heavy atom. The summed E-state index contributed by atoms with van der Waals surface area (Å²) in [5.74, 6) is 2.39. The van der Waals surface area contributed by atoms with Crippen molar-refractivity contribution >= 4 is 22.5 Å². The van der Waals surface area contributed by atoms with Gasteiger partial charge >= 0.3 is 0 Å². The Morgan fingerprint density at radius 3 is 2.48 bits per heavy atom. The van der Waals surface area contributed by atoms with Crippen molar-refractivity contribution in [3.63, 3.8) is 0 Å². The van der Waals surface area contributed by atoms with Crippen molar-refractivity contribution < 1.29 is 9.13 Å². The van der Waals surface area contributed by atoms with Gasteiger partial charge in [0, 0.05) is 30.1 Å². The number of fused-ring (bicyclic) bond motifs is 1. The molecule has 0 unspecified atom stereocenters. The summed E-state index contributed by atoms with van der Waals surface area (Å²) in [5, 5.41) is 7.73. The molecule has 0 aliphatic heterocycles. The molecule has 8 nitrogen and oxygen atoms in total. The Labute approximate surface area is 189 Å². The molecule has 1 N–H and O–H groups in total. The average molecular weight is 443 g/mol. The smallest absolute Gasteiger partial charge is 0.158 e. The highest BCUT2D eigenvalue weighted by molar-refractivity contribution is 5.91. The number of nitrogens with zero attached hydrogens (tertiary/aromatic N) is 6. The second-order valence-electron chi connectivity index (χ2n) is 7.73. The van der Waals surface area contributed by atoms with E-state index in [9.17, 15) is 4.39 Å². The molecule has 0 saturated carbocycles. The van der Waals surface area contributed by atoms with Crippen LogP contribution in [0.1, 0.15) is 11.5 Å². The van der Waals surface area contributed by atoms with E-state index in [2.05, 4.69) is 20.4 Å². The number of methoxy groups -OCH3 is 1. The number of halogens is 1. The number of imidazole rings is 1. The van der Waals surface area contributed by atoms with Gasteiger partial charge in [-0.2, -0.15) is 5.10 Å². The molecule has 33 heavy (non-hydrogen) atoms. The van der Waals surface area contributed by atoms with Gasteiger partial charge in [-0.15, -0.1) is 0 Å². The summed E-state index contributed by atoms with van der Waals surface area (Å²) >= 11 is 0. The molecule has 0 bridgehead atoms. The van der Waals surface area contributed by atoms with Crippen molar-refractivity contribution in [2.75, 3.05) is 12.4 Å². The van der Waals surface area contributed by atoms with E-state index in [1.807, 2.05) is 49.7 Å². The van der Waals surface area contributed by atoms with Gasteiger partial charge in [0.2, 0.25) is 0 Å². The highest BCUT2D eigenvalue weighted by Crippen LogP contribution is 2.32. The van der Waals surface area contributed by atoms with Gasteiger partial charge in [0.1, 0.15) is 40.7 Å². The molecule has 0 aliphatic rings. The zero-order valence-corrected chi connectivity index (χ0v) is 18.7. The van der Waals surface area contributed by atoms with E-state index in [0.29, 0.717) is 17.4 Å². The normalized spacial score (nSPS) is 11.2. The van der Waals surface area contributed by atoms with Crippen molar-refractivity contribution in [1.29, 1.82) is 0 Å². The average Bonchev–Trinajstić information content (AvgIpc) is 3.38. The van der Waals surface area contributed by atoms with E-state index in [1.54, 1.807) is 30.3 Å². The minimum atomic E-state index is -0.282. The van der Waals surface area contributed by atoms with Crippen molar-refractivity contribution in [2.24, 2.45) is 7.05 Å². The van der Waals surface area contributed by atoms with Crippen LogP contribution in [-0.2, 0) is 7.05 Å². The van der Waals surface area contributed by atoms with E-state index >= 15 is 0 Å². The fraction of sp³-hybridized carbons (Fsp3) is 0.167. The summed E-state index contributed by atoms with van der Waals surface area (Å²) in [4.78, 5) is 13.7. The molecule has 5 aromatic rings. The van der Waals surface area contributed by atoms with Crippen LogP contribution in [0.3, 0.4) is 0 Å². The summed E-state index contributed by atoms with van der Waals surface area (Å²) in [5.41, 5.74) is 4.89. The number of pyridine rings is 1. The number of aryl methyl sites for hydroxylation is 3. The molecule has 0 amide bonds. The minimum absolute atomic E-state index is 0.282. The molecule has 0 saturated heterocycles. The summed E-state index contributed by atoms with van der Waals surface area (Å²) in [6.45, 7) is 3.77. The first-order valence-corrected chi connectivity index (χ1v) is 10.4. The lowest BCUT2D eigenvalue weighted by Crippen LogP contribution is -2.01. The number of nitrogens with one attached hydrogen (secondary N) is 1. The minimum Gasteiger partial charge on any atom is -0.494 e. The Hall–Kier alpha value is -4.27. The fourth-order valence-corrected chi connectivity index (χ4v) is 3.80. The van der Waals surface area contributed by atoms with Crippen molar-refractivity contribution in [3.05, 3.63) is 72.2 Å². The molecular weight excluding hydrogens is 421 g/mol. The van der Waals surface area contributed by atoms with Crippen LogP contribution in [0.4, 0.5) is 15.9 Å². The standard InChI is InChI=1S/C24H22FN7O/c1-14-11-20-22(29-24(31(20)3)16-5-7-17(25)8-6-16)23(27-14)28-18-9-10-19(21(12-18)33-4)32-13-26-15(2)30-32/h5-13H,1-4H3,(H,27,28). The maximum Gasteiger partial charge on any atom is 0.158 e. The van der Waals surface area contributed by atoms with E-state index in [-0.39, 0.29) is 5.82 Å². The predicted octanol–water partition coefficient (Wildman–Crippen LogP) is 4.72. The van der Waals surface area contributed by atoms with Gasteiger partial charge in [0.05, 0.1) is 12.6 Å². The molecule has 5 rings (SSSR count). The van der Waals surface area contributed by atoms with Crippen LogP contribution in [0.15, 0.2) is 54.9 Å². The maximum atomic E-state index is 13.4. The molecule has 0 spiro atoms. The van der Waals surface area contributed by atoms with Crippen LogP contribution < -0.4 is 10.1 Å². The van der Waals surface area contributed by atoms with Crippen LogP contribution >= 0.6 is 0 Å². The maximum absolute atomic E-state index is 13.4. The van der Waals surface area contributed by atoms with Crippen molar-refractivity contribution in [3.8, 4) is 22.8 Å². The molecule has 0 radical (unpaired) electrons. The summed E-state index contributed by atoms with van der Waals surface area (Å²) in [7, 11) is 3.55. The van der Waals surface area contributed by atoms with Gasteiger partial charge in [-0.25, -0.2) is 24.0 Å². The number of benzene rings is 2. The lowest BCUT2D eigenvalue weighted by Gasteiger charge is -2.12. The molecular formula is C24H22FN7O. The largest absolute Gasteiger partial charge is 0.494 e. The zero-order chi connectivity index (χ0) is 23.1. The van der Waals surface area contributed by atoms with Crippen molar-refractivity contribution in [1.82, 2.24) is 29.3 Å². The number of anilines is 2. The first kappa shape index (κ1) is 20.6. The third-order valence-corrected chi connectivity index (χ3v) is 5.40. The molecule has 3 aromatic heterocycles. The fourth-order valence-electron chi connectivity index (χ4n) is 3.80. The number of hydrogen-bond acceptors (Lipinski definition) is 6. The first-order chi connectivity index (χ1) is 15.9. The van der Waals surface area contributed by atoms with E-state index in [1.165, 1.54) is 12.1 Å². The lowest BCUT2D eigenvalue weighted by atomic mass is 10.2. The van der Waals surface area contributed by atoms with Gasteiger partial charge in [-0.05, 0) is 56.3 Å². The SMILES string of the molecule is COc1cc(Nc2nc(C)cc3c2nc(-c2ccc(F)cc2)n3C)ccc1-n1cnc(C)n1. The molecule has 3 heterocycles. The van der Waals surface area contributed by atoms with Gasteiger partial charge in [0.15, 0.2) is 5.82 Å². The monoisotopic (exact) mass is 443 g/mol. The third kappa shape index (κ3) is 3.78. The highest BCUT2D eigenvalue weighted by Gasteiger charge is 2.16. The van der Waals surface area contributed by atoms with Gasteiger partial charge < -0.3 is 14.6 Å². The zero-order valence-electron chi connectivity index (χ0n) is 18.7. The molecule has 0 atom stereocenters. The second-order valence-corrected chi connectivity index (χ2v) is 7.73. The van der Waals surface area contributed by atoms with Gasteiger partial charge in [0.25, 0.3) is 0 Å². The summed E-state index contributed by atoms with van der Waals surface area (Å²) in [6, 6.07) is 14.0. The summed E-state index contributed by atoms with van der Waals surface area (Å²) in [6.07, 6.45) is 1.65. The Kier molecular flexibility index (Phi) is 5.01. The molecule has 0 aliphatic carbocycles. The highest BCUT2D eigenvalue weighted by atomic mass is 19.1. The Balaban J connectivity index is 1.56. The topological polar surface area (TPSA) is 82.7 Å². The van der Waals surface area contributed by atoms with E-state index in [4.69, 9.17) is 9.72 Å². The van der Waals surface area contributed by atoms with E-state index in [0.717, 1.165) is 39.5 Å². The summed E-state index contributed by atoms with van der Waals surface area (Å²) < 4.78 is 22.7. The van der Waals surface area contributed by atoms with Crippen LogP contribution in [0.2, 0.25) is 0 Å². The quantitative estimate of drug-likeness (QED) is 0.423. The lowest BCUT2D eigenvalue weighted by molar-refractivity contribution is 0.412. The predicted molar refractivity (Wildman–Crippen MR) is 125 cm³/mol. The molecule has 166 valence electrons. The molecule has 2 aromatic carbocycles. The first-order valence-electron chi connectivity index (χ1n) is 10.4. The van der Waals surface area contributed by atoms with Crippen LogP contribution in [0.25, 0.3) is 28.1 Å². The van der Waals surface area contributed by atoms with Gasteiger partial charge in [-0.1, -0.05) is 0 Å². The van der Waals surface area contributed by atoms with E-state index < -0.39 is 0 Å². The van der Waals surface area contributed by atoms with Gasteiger partial charge in [-0.3, -0.25) is 0 Å². The van der Waals surface area contributed by atoms with Crippen LogP contribution in [0, 0.1) is 19.7 Å². The number of ether oxygens (including phenoxy) is 1. The number of hydrogen-bond donors (Lipinski definition) is 1. The third-order valence-electron chi connectivity index (χ3n) is 5.40. The Bertz CT molecular complexity index is 1470.